The number of terminal acetylenes is 1. The maximum atomic E-state index is 12.9. The normalized spacial score (nSPS) is 27.9. The van der Waals surface area contributed by atoms with Gasteiger partial charge in [0.2, 0.25) is 0 Å². The van der Waals surface area contributed by atoms with Crippen molar-refractivity contribution >= 4 is 17.7 Å². The van der Waals surface area contributed by atoms with E-state index in [1.54, 1.807) is 20.1 Å². The Morgan fingerprint density at radius 2 is 1.84 bits per heavy atom. The Balaban J connectivity index is 2.50. The molecule has 0 saturated carbocycles. The number of nitrogens with one attached hydrogen (secondary N) is 1. The molecule has 38 heavy (non-hydrogen) atoms. The summed E-state index contributed by atoms with van der Waals surface area (Å²) in [5, 5.41) is 14.1. The molecule has 4 N–H and O–H groups in total. The summed E-state index contributed by atoms with van der Waals surface area (Å²) >= 11 is 0. The van der Waals surface area contributed by atoms with Crippen LogP contribution in [0.1, 0.15) is 58.1 Å². The third kappa shape index (κ3) is 9.02. The number of allylic oxidation sites excluding steroid dienone is 1. The van der Waals surface area contributed by atoms with Crippen molar-refractivity contribution in [3.05, 3.63) is 52.6 Å². The molecule has 0 radical (unpaired) electrons. The molecule has 208 valence electrons. The number of carbonyl (C=O) groups is 2. The predicted molar refractivity (Wildman–Crippen MR) is 148 cm³/mol. The molecule has 1 aliphatic heterocycles. The summed E-state index contributed by atoms with van der Waals surface area (Å²) in [6.45, 7) is 7.54. The van der Waals surface area contributed by atoms with Crippen molar-refractivity contribution < 1.29 is 28.9 Å². The van der Waals surface area contributed by atoms with E-state index in [0.717, 1.165) is 5.56 Å². The van der Waals surface area contributed by atoms with Crippen LogP contribution in [0.4, 0.5) is 10.5 Å². The summed E-state index contributed by atoms with van der Waals surface area (Å²) in [7, 11) is 3.12. The van der Waals surface area contributed by atoms with E-state index >= 15 is 0 Å². The molecule has 2 bridgehead atoms. The number of hydrogen-bond donors (Lipinski definition) is 3. The van der Waals surface area contributed by atoms with E-state index in [9.17, 15) is 14.7 Å². The highest BCUT2D eigenvalue weighted by Crippen LogP contribution is 2.26. The van der Waals surface area contributed by atoms with Gasteiger partial charge in [0.05, 0.1) is 18.3 Å². The van der Waals surface area contributed by atoms with E-state index < -0.39 is 30.5 Å². The second-order valence-electron chi connectivity index (χ2n) is 10.2. The van der Waals surface area contributed by atoms with Crippen molar-refractivity contribution in [3.63, 3.8) is 0 Å². The van der Waals surface area contributed by atoms with Gasteiger partial charge in [-0.05, 0) is 74.8 Å². The molecule has 2 rings (SSSR count). The first kappa shape index (κ1) is 31.1. The van der Waals surface area contributed by atoms with E-state index in [4.69, 9.17) is 26.4 Å². The number of nitrogens with two attached hydrogens (primary N) is 1. The first-order valence-electron chi connectivity index (χ1n) is 13.0. The second-order valence-corrected chi connectivity index (χ2v) is 10.2. The van der Waals surface area contributed by atoms with Crippen LogP contribution in [-0.2, 0) is 25.4 Å². The zero-order valence-corrected chi connectivity index (χ0v) is 23.3. The highest BCUT2D eigenvalue weighted by atomic mass is 16.6. The fourth-order valence-electron chi connectivity index (χ4n) is 4.94. The van der Waals surface area contributed by atoms with E-state index in [0.29, 0.717) is 48.1 Å². The zero-order chi connectivity index (χ0) is 28.4. The van der Waals surface area contributed by atoms with Gasteiger partial charge in [0.15, 0.2) is 6.10 Å². The summed E-state index contributed by atoms with van der Waals surface area (Å²) < 4.78 is 16.8. The van der Waals surface area contributed by atoms with Crippen LogP contribution in [0.25, 0.3) is 0 Å². The molecular formula is C30H42N2O6. The minimum Gasteiger partial charge on any atom is -0.439 e. The third-order valence-electron chi connectivity index (χ3n) is 6.98. The molecule has 6 atom stereocenters. The summed E-state index contributed by atoms with van der Waals surface area (Å²) in [5.41, 5.74) is 8.91. The van der Waals surface area contributed by atoms with Crippen molar-refractivity contribution in [1.29, 1.82) is 0 Å². The van der Waals surface area contributed by atoms with Crippen LogP contribution in [0.5, 0.6) is 0 Å². The number of carbonyl (C=O) groups excluding carboxylic acids is 2. The van der Waals surface area contributed by atoms with Crippen LogP contribution in [0, 0.1) is 24.2 Å². The van der Waals surface area contributed by atoms with Crippen LogP contribution in [0.15, 0.2) is 41.5 Å². The number of aliphatic hydroxyl groups is 1. The van der Waals surface area contributed by atoms with Crippen molar-refractivity contribution in [2.75, 3.05) is 19.5 Å². The summed E-state index contributed by atoms with van der Waals surface area (Å²) in [5.74, 6) is 2.28. The van der Waals surface area contributed by atoms with Gasteiger partial charge in [-0.2, -0.15) is 0 Å². The van der Waals surface area contributed by atoms with E-state index in [2.05, 4.69) is 18.2 Å². The zero-order valence-electron chi connectivity index (χ0n) is 23.3. The Morgan fingerprint density at radius 1 is 1.16 bits per heavy atom. The van der Waals surface area contributed by atoms with Gasteiger partial charge in [0, 0.05) is 37.0 Å². The Bertz CT molecular complexity index is 1070. The van der Waals surface area contributed by atoms with Crippen molar-refractivity contribution in [3.8, 4) is 12.3 Å². The van der Waals surface area contributed by atoms with Crippen LogP contribution >= 0.6 is 0 Å². The second kappa shape index (κ2) is 14.7. The van der Waals surface area contributed by atoms with E-state index in [1.165, 1.54) is 7.11 Å². The summed E-state index contributed by atoms with van der Waals surface area (Å²) in [6, 6.07) is 5.64. The molecule has 1 aromatic rings. The molecule has 1 aliphatic rings. The summed E-state index contributed by atoms with van der Waals surface area (Å²) in [6.07, 6.45) is 8.22. The van der Waals surface area contributed by atoms with Gasteiger partial charge in [-0.25, -0.2) is 4.79 Å². The van der Waals surface area contributed by atoms with Crippen LogP contribution in [0.2, 0.25) is 0 Å². The lowest BCUT2D eigenvalue weighted by Crippen LogP contribution is -2.37. The molecule has 8 nitrogen and oxygen atoms in total. The van der Waals surface area contributed by atoms with Crippen LogP contribution in [0.3, 0.4) is 0 Å². The predicted octanol–water partition coefficient (Wildman–Crippen LogP) is 4.35. The highest BCUT2D eigenvalue weighted by molar-refractivity contribution is 6.03. The minimum atomic E-state index is -0.917. The number of rotatable bonds is 3. The van der Waals surface area contributed by atoms with Crippen LogP contribution < -0.4 is 11.1 Å². The van der Waals surface area contributed by atoms with Crippen molar-refractivity contribution in [1.82, 2.24) is 0 Å². The number of hydrogen-bond acceptors (Lipinski definition) is 6. The number of aliphatic hydroxyl groups excluding tert-OH is 1. The molecule has 2 amide bonds. The standard InChI is InChI=1S/C30H42N2O6/c1-8-22-15-23-12-18(2)13-26(37-7)27(33)20(4)14-21(5)28(38-30(31)35)25(36-6)11-9-10-19(3)29(34)32-24(16-22)17-23/h1,10,14-18,20,25-28,33H,9,11-13H2,2-7H3,(H2,31,35)(H,32,34). The molecule has 0 saturated heterocycles. The molecule has 0 spiro atoms. The van der Waals surface area contributed by atoms with Gasteiger partial charge in [-0.3, -0.25) is 4.79 Å². The Morgan fingerprint density at radius 3 is 2.45 bits per heavy atom. The molecule has 6 unspecified atom stereocenters. The molecule has 8 heteroatoms. The van der Waals surface area contributed by atoms with Crippen molar-refractivity contribution in [2.24, 2.45) is 17.6 Å². The fourth-order valence-corrected chi connectivity index (χ4v) is 4.94. The average molecular weight is 527 g/mol. The number of fused-ring (bicyclic) bond motifs is 2. The number of benzene rings is 1. The Labute approximate surface area is 226 Å². The quantitative estimate of drug-likeness (QED) is 0.398. The third-order valence-corrected chi connectivity index (χ3v) is 6.98. The first-order chi connectivity index (χ1) is 18.0. The van der Waals surface area contributed by atoms with Gasteiger partial charge in [-0.15, -0.1) is 6.42 Å². The average Bonchev–Trinajstić information content (AvgIpc) is 2.87. The number of methoxy groups -OCH3 is 2. The summed E-state index contributed by atoms with van der Waals surface area (Å²) in [4.78, 5) is 24.6. The highest BCUT2D eigenvalue weighted by Gasteiger charge is 2.30. The van der Waals surface area contributed by atoms with Gasteiger partial charge in [0.25, 0.3) is 5.91 Å². The topological polar surface area (TPSA) is 120 Å². The van der Waals surface area contributed by atoms with Gasteiger partial charge in [-0.1, -0.05) is 31.9 Å². The fraction of sp³-hybridized carbons (Fsp3) is 0.533. The van der Waals surface area contributed by atoms with Gasteiger partial charge < -0.3 is 30.4 Å². The lowest BCUT2D eigenvalue weighted by molar-refractivity contribution is -0.112. The van der Waals surface area contributed by atoms with Crippen LogP contribution in [-0.4, -0.2) is 55.7 Å². The van der Waals surface area contributed by atoms with Crippen molar-refractivity contribution in [2.45, 2.75) is 77.8 Å². The number of ether oxygens (including phenoxy) is 3. The van der Waals surface area contributed by atoms with E-state index in [1.807, 2.05) is 38.1 Å². The lowest BCUT2D eigenvalue weighted by atomic mass is 9.88. The Kier molecular flexibility index (Phi) is 12.0. The molecule has 0 fully saturated rings. The first-order valence-corrected chi connectivity index (χ1v) is 13.0. The molecule has 0 aliphatic carbocycles. The van der Waals surface area contributed by atoms with Gasteiger partial charge in [0.1, 0.15) is 0 Å². The SMILES string of the molecule is C#Cc1cc2cc(c1)NC(=O)C(C)=CCCC(OC)C(OC(N)=O)C(C)=CC(C)C(O)C(OC)CC(C)C2. The van der Waals surface area contributed by atoms with Gasteiger partial charge >= 0.3 is 6.09 Å². The number of anilines is 1. The molecule has 1 heterocycles. The smallest absolute Gasteiger partial charge is 0.405 e. The number of amides is 2. The monoisotopic (exact) mass is 526 g/mol. The molecule has 0 aromatic heterocycles. The Hall–Kier alpha value is -3.12. The lowest BCUT2D eigenvalue weighted by Gasteiger charge is -2.30. The molecular weight excluding hydrogens is 484 g/mol. The maximum absolute atomic E-state index is 12.9. The molecule has 1 aromatic carbocycles. The number of primary amides is 1. The minimum absolute atomic E-state index is 0.149. The van der Waals surface area contributed by atoms with E-state index in [-0.39, 0.29) is 17.7 Å². The maximum Gasteiger partial charge on any atom is 0.405 e. The largest absolute Gasteiger partial charge is 0.439 e.